The Labute approximate surface area is 116 Å². The van der Waals surface area contributed by atoms with Crippen LogP contribution in [0, 0.1) is 5.41 Å². The maximum atomic E-state index is 10.2. The molecule has 0 aliphatic carbocycles. The minimum atomic E-state index is -1.50. The summed E-state index contributed by atoms with van der Waals surface area (Å²) in [7, 11) is 0. The minimum Gasteiger partial charge on any atom is -0.450 e. The van der Waals surface area contributed by atoms with Crippen LogP contribution in [-0.4, -0.2) is 72.4 Å². The van der Waals surface area contributed by atoms with E-state index in [1.807, 2.05) is 0 Å². The average Bonchev–Trinajstić information content (AvgIpc) is 2.42. The second-order valence-corrected chi connectivity index (χ2v) is 3.64. The van der Waals surface area contributed by atoms with Crippen molar-refractivity contribution in [2.24, 2.45) is 5.41 Å². The van der Waals surface area contributed by atoms with Crippen LogP contribution in [0.1, 0.15) is 13.8 Å². The normalized spacial score (nSPS) is 10.1. The predicted molar refractivity (Wildman–Crippen MR) is 66.3 cm³/mol. The van der Waals surface area contributed by atoms with Crippen LogP contribution in [0.2, 0.25) is 0 Å². The van der Waals surface area contributed by atoms with Crippen molar-refractivity contribution < 1.29 is 44.2 Å². The Morgan fingerprint density at radius 1 is 0.900 bits per heavy atom. The van der Waals surface area contributed by atoms with Gasteiger partial charge in [-0.25, -0.2) is 9.59 Å². The predicted octanol–water partition coefficient (Wildman–Crippen LogP) is -0.176. The van der Waals surface area contributed by atoms with Crippen molar-refractivity contribution in [1.82, 2.24) is 0 Å². The van der Waals surface area contributed by atoms with Gasteiger partial charge in [-0.05, 0) is 13.8 Å². The van der Waals surface area contributed by atoms with Crippen LogP contribution in [0.5, 0.6) is 0 Å². The molecule has 0 spiro atoms. The van der Waals surface area contributed by atoms with Crippen LogP contribution in [0.25, 0.3) is 0 Å². The quantitative estimate of drug-likeness (QED) is 0.471. The number of aliphatic hydroxyl groups excluding tert-OH is 3. The highest BCUT2D eigenvalue weighted by atomic mass is 16.7. The van der Waals surface area contributed by atoms with E-state index in [2.05, 4.69) is 14.2 Å². The molecule has 120 valence electrons. The van der Waals surface area contributed by atoms with E-state index in [-0.39, 0.29) is 0 Å². The van der Waals surface area contributed by atoms with E-state index < -0.39 is 44.2 Å². The average molecular weight is 298 g/mol. The van der Waals surface area contributed by atoms with Gasteiger partial charge < -0.3 is 34.6 Å². The number of hydrogen-bond acceptors (Lipinski definition) is 8. The molecule has 0 amide bonds. The summed E-state index contributed by atoms with van der Waals surface area (Å²) in [5, 5.41) is 34.2. The molecule has 0 atom stereocenters. The lowest BCUT2D eigenvalue weighted by atomic mass is 9.93. The molecule has 0 heterocycles. The van der Waals surface area contributed by atoms with Crippen LogP contribution < -0.4 is 0 Å². The van der Waals surface area contributed by atoms with Crippen LogP contribution >= 0.6 is 0 Å². The third kappa shape index (κ3) is 10.4. The maximum absolute atomic E-state index is 10.2. The van der Waals surface area contributed by atoms with Gasteiger partial charge in [0.15, 0.2) is 0 Å². The fourth-order valence-corrected chi connectivity index (χ4v) is 0.779. The van der Waals surface area contributed by atoms with Crippen LogP contribution in [0.15, 0.2) is 0 Å². The first-order chi connectivity index (χ1) is 9.41. The molecule has 0 aromatic heterocycles. The molecule has 0 fully saturated rings. The molecule has 9 heteroatoms. The van der Waals surface area contributed by atoms with E-state index in [1.54, 1.807) is 13.8 Å². The Balaban J connectivity index is 0. The summed E-state index contributed by atoms with van der Waals surface area (Å²) in [4.78, 5) is 20.1. The van der Waals surface area contributed by atoms with E-state index >= 15 is 0 Å². The summed E-state index contributed by atoms with van der Waals surface area (Å²) in [5.74, 6) is 0. The highest BCUT2D eigenvalue weighted by Crippen LogP contribution is 2.14. The molecule has 0 aliphatic heterocycles. The molecule has 0 bridgehead atoms. The molecule has 0 saturated heterocycles. The first-order valence-electron chi connectivity index (χ1n) is 5.89. The third-order valence-electron chi connectivity index (χ3n) is 2.03. The summed E-state index contributed by atoms with van der Waals surface area (Å²) < 4.78 is 13.0. The van der Waals surface area contributed by atoms with Crippen LogP contribution in [0.4, 0.5) is 9.59 Å². The first kappa shape index (κ1) is 20.7. The second kappa shape index (κ2) is 12.5. The number of hydrogen-bond donors (Lipinski definition) is 4. The molecule has 4 N–H and O–H groups in total. The van der Waals surface area contributed by atoms with E-state index in [0.29, 0.717) is 13.2 Å². The lowest BCUT2D eigenvalue weighted by Gasteiger charge is -2.25. The lowest BCUT2D eigenvalue weighted by Crippen LogP contribution is -2.39. The van der Waals surface area contributed by atoms with E-state index in [1.165, 1.54) is 0 Å². The molecule has 0 aromatic rings. The van der Waals surface area contributed by atoms with Crippen molar-refractivity contribution in [2.75, 3.05) is 39.6 Å². The highest BCUT2D eigenvalue weighted by molar-refractivity contribution is 5.59. The molecule has 9 nitrogen and oxygen atoms in total. The Morgan fingerprint density at radius 3 is 1.55 bits per heavy atom. The monoisotopic (exact) mass is 298 g/mol. The zero-order valence-corrected chi connectivity index (χ0v) is 11.6. The van der Waals surface area contributed by atoms with E-state index in [0.717, 1.165) is 0 Å². The molecular formula is C11H22O9. The number of carboxylic acid groups (broad SMARTS) is 1. The maximum Gasteiger partial charge on any atom is 0.508 e. The van der Waals surface area contributed by atoms with Gasteiger partial charge in [-0.2, -0.15) is 0 Å². The number of carbonyl (C=O) groups is 2. The molecule has 20 heavy (non-hydrogen) atoms. The molecule has 0 aromatic carbocycles. The van der Waals surface area contributed by atoms with Gasteiger partial charge in [-0.3, -0.25) is 0 Å². The van der Waals surface area contributed by atoms with Crippen LogP contribution in [-0.2, 0) is 14.2 Å². The molecular weight excluding hydrogens is 276 g/mol. The summed E-state index contributed by atoms with van der Waals surface area (Å²) in [6, 6.07) is 0. The fourth-order valence-electron chi connectivity index (χ4n) is 0.779. The molecule has 0 radical (unpaired) electrons. The lowest BCUT2D eigenvalue weighted by molar-refractivity contribution is -0.0459. The summed E-state index contributed by atoms with van der Waals surface area (Å²) in [6.07, 6.45) is -2.09. The Hall–Kier alpha value is -1.58. The van der Waals surface area contributed by atoms with Gasteiger partial charge in [0.25, 0.3) is 0 Å². The van der Waals surface area contributed by atoms with Crippen molar-refractivity contribution in [1.29, 1.82) is 0 Å². The number of aliphatic hydroxyl groups is 3. The molecule has 0 rings (SSSR count). The largest absolute Gasteiger partial charge is 0.508 e. The minimum absolute atomic E-state index is 0.374. The summed E-state index contributed by atoms with van der Waals surface area (Å²) in [6.45, 7) is 2.19. The molecule has 0 saturated carbocycles. The van der Waals surface area contributed by atoms with Gasteiger partial charge in [0, 0.05) is 0 Å². The number of ether oxygens (including phenoxy) is 3. The van der Waals surface area contributed by atoms with E-state index in [4.69, 9.17) is 20.4 Å². The summed E-state index contributed by atoms with van der Waals surface area (Å²) >= 11 is 0. The Kier molecular flexibility index (Phi) is 12.9. The van der Waals surface area contributed by atoms with Gasteiger partial charge >= 0.3 is 12.3 Å². The van der Waals surface area contributed by atoms with Crippen molar-refractivity contribution in [3.05, 3.63) is 0 Å². The topological polar surface area (TPSA) is 143 Å². The van der Waals surface area contributed by atoms with Crippen molar-refractivity contribution >= 4 is 12.3 Å². The Bertz CT molecular complexity index is 246. The van der Waals surface area contributed by atoms with Gasteiger partial charge in [0.05, 0.1) is 38.4 Å². The van der Waals surface area contributed by atoms with Crippen molar-refractivity contribution in [3.63, 3.8) is 0 Å². The van der Waals surface area contributed by atoms with Crippen molar-refractivity contribution in [3.8, 4) is 0 Å². The Morgan fingerprint density at radius 2 is 1.30 bits per heavy atom. The zero-order valence-electron chi connectivity index (χ0n) is 11.6. The van der Waals surface area contributed by atoms with Gasteiger partial charge in [0.2, 0.25) is 0 Å². The van der Waals surface area contributed by atoms with Crippen molar-refractivity contribution in [2.45, 2.75) is 13.8 Å². The van der Waals surface area contributed by atoms with E-state index in [9.17, 15) is 9.59 Å². The summed E-state index contributed by atoms with van der Waals surface area (Å²) in [5.41, 5.74) is -1.28. The molecule has 0 unspecified atom stereocenters. The standard InChI is InChI=1S/C6H12O6.C5H10O3/c7-1-6(2-8,3-9)4-12-5(10)11;1-3-7-5(6)8-4-2/h7-9H,1-4H2,(H,10,11);3-4H2,1-2H3. The first-order valence-corrected chi connectivity index (χ1v) is 5.89. The van der Waals surface area contributed by atoms with Gasteiger partial charge in [0.1, 0.15) is 6.61 Å². The second-order valence-electron chi connectivity index (χ2n) is 3.64. The zero-order chi connectivity index (χ0) is 16.0. The molecule has 0 aliphatic rings. The smallest absolute Gasteiger partial charge is 0.450 e. The number of carbonyl (C=O) groups excluding carboxylic acids is 1. The third-order valence-corrected chi connectivity index (χ3v) is 2.03. The SMILES string of the molecule is CCOC(=O)OCC.O=C(O)OCC(CO)(CO)CO. The fraction of sp³-hybridized carbons (Fsp3) is 0.818. The van der Waals surface area contributed by atoms with Crippen LogP contribution in [0.3, 0.4) is 0 Å². The highest BCUT2D eigenvalue weighted by Gasteiger charge is 2.29. The number of rotatable bonds is 7. The van der Waals surface area contributed by atoms with Gasteiger partial charge in [-0.1, -0.05) is 0 Å². The van der Waals surface area contributed by atoms with Gasteiger partial charge in [-0.15, -0.1) is 0 Å².